The van der Waals surface area contributed by atoms with Crippen molar-refractivity contribution in [2.75, 3.05) is 5.32 Å². The second-order valence-corrected chi connectivity index (χ2v) is 5.89. The highest BCUT2D eigenvalue weighted by Gasteiger charge is 2.13. The van der Waals surface area contributed by atoms with Gasteiger partial charge in [0.1, 0.15) is 5.15 Å². The number of nitrogens with zero attached hydrogens (tertiary/aromatic N) is 2. The minimum Gasteiger partial charge on any atom is -0.374 e. The summed E-state index contributed by atoms with van der Waals surface area (Å²) in [6, 6.07) is 1.86. The number of aryl methyl sites for hydroxylation is 2. The molecule has 96 valence electrons. The van der Waals surface area contributed by atoms with Crippen LogP contribution in [-0.4, -0.2) is 9.97 Å². The molecular weight excluding hydrogens is 289 g/mol. The maximum atomic E-state index is 6.10. The van der Waals surface area contributed by atoms with Gasteiger partial charge in [0.25, 0.3) is 0 Å². The molecule has 0 amide bonds. The Hall–Kier alpha value is -0.840. The second kappa shape index (κ2) is 5.43. The topological polar surface area (TPSA) is 37.8 Å². The molecule has 6 heteroatoms. The molecule has 0 aromatic carbocycles. The molecule has 18 heavy (non-hydrogen) atoms. The highest BCUT2D eigenvalue weighted by molar-refractivity contribution is 7.09. The van der Waals surface area contributed by atoms with Gasteiger partial charge in [0.05, 0.1) is 22.4 Å². The average Bonchev–Trinajstić information content (AvgIpc) is 2.70. The van der Waals surface area contributed by atoms with E-state index >= 15 is 0 Å². The summed E-state index contributed by atoms with van der Waals surface area (Å²) in [6.07, 6.45) is 0. The number of thiazole rings is 1. The number of rotatable bonds is 3. The number of halogens is 2. The van der Waals surface area contributed by atoms with Gasteiger partial charge in [0.15, 0.2) is 5.15 Å². The van der Waals surface area contributed by atoms with E-state index in [0.29, 0.717) is 10.3 Å². The molecule has 0 fully saturated rings. The molecular formula is C12H13Cl2N3S. The molecule has 0 aliphatic carbocycles. The third kappa shape index (κ3) is 2.94. The van der Waals surface area contributed by atoms with Gasteiger partial charge >= 0.3 is 0 Å². The van der Waals surface area contributed by atoms with Crippen molar-refractivity contribution in [3.8, 4) is 0 Å². The van der Waals surface area contributed by atoms with E-state index in [-0.39, 0.29) is 6.04 Å². The van der Waals surface area contributed by atoms with Crippen LogP contribution in [0.4, 0.5) is 5.69 Å². The van der Waals surface area contributed by atoms with Crippen LogP contribution in [0.2, 0.25) is 10.3 Å². The van der Waals surface area contributed by atoms with Crippen molar-refractivity contribution in [2.24, 2.45) is 0 Å². The molecule has 3 nitrogen and oxygen atoms in total. The Labute approximate surface area is 120 Å². The Morgan fingerprint density at radius 3 is 2.56 bits per heavy atom. The van der Waals surface area contributed by atoms with E-state index in [1.807, 2.05) is 26.2 Å². The molecule has 1 atom stereocenters. The van der Waals surface area contributed by atoms with E-state index < -0.39 is 0 Å². The van der Waals surface area contributed by atoms with Crippen molar-refractivity contribution in [3.05, 3.63) is 38.0 Å². The Morgan fingerprint density at radius 2 is 2.00 bits per heavy atom. The van der Waals surface area contributed by atoms with Crippen LogP contribution in [0, 0.1) is 13.8 Å². The lowest BCUT2D eigenvalue weighted by Gasteiger charge is -2.16. The third-order valence-electron chi connectivity index (χ3n) is 2.58. The van der Waals surface area contributed by atoms with E-state index in [2.05, 4.69) is 15.3 Å². The van der Waals surface area contributed by atoms with Crippen molar-refractivity contribution in [1.29, 1.82) is 0 Å². The first-order valence-electron chi connectivity index (χ1n) is 5.48. The maximum absolute atomic E-state index is 6.10. The van der Waals surface area contributed by atoms with Gasteiger partial charge in [-0.3, -0.25) is 0 Å². The van der Waals surface area contributed by atoms with Crippen molar-refractivity contribution in [1.82, 2.24) is 9.97 Å². The lowest BCUT2D eigenvalue weighted by atomic mass is 10.2. The van der Waals surface area contributed by atoms with Crippen LogP contribution in [0.15, 0.2) is 11.4 Å². The van der Waals surface area contributed by atoms with Gasteiger partial charge in [0, 0.05) is 5.38 Å². The monoisotopic (exact) mass is 301 g/mol. The van der Waals surface area contributed by atoms with Crippen molar-refractivity contribution < 1.29 is 0 Å². The van der Waals surface area contributed by atoms with Gasteiger partial charge < -0.3 is 5.32 Å². The van der Waals surface area contributed by atoms with Crippen molar-refractivity contribution in [2.45, 2.75) is 26.8 Å². The van der Waals surface area contributed by atoms with E-state index in [1.165, 1.54) is 0 Å². The SMILES string of the molecule is Cc1nc(C(C)Nc2c(C)cc(Cl)nc2Cl)cs1. The summed E-state index contributed by atoms with van der Waals surface area (Å²) in [5, 5.41) is 7.21. The number of hydrogen-bond donors (Lipinski definition) is 1. The lowest BCUT2D eigenvalue weighted by molar-refractivity contribution is 0.842. The van der Waals surface area contributed by atoms with Crippen molar-refractivity contribution in [3.63, 3.8) is 0 Å². The Morgan fingerprint density at radius 1 is 1.28 bits per heavy atom. The van der Waals surface area contributed by atoms with Crippen molar-refractivity contribution >= 4 is 40.2 Å². The van der Waals surface area contributed by atoms with Crippen LogP contribution in [0.3, 0.4) is 0 Å². The molecule has 1 N–H and O–H groups in total. The minimum absolute atomic E-state index is 0.0779. The predicted octanol–water partition coefficient (Wildman–Crippen LogP) is 4.63. The summed E-state index contributed by atoms with van der Waals surface area (Å²) in [5.74, 6) is 0. The quantitative estimate of drug-likeness (QED) is 0.840. The largest absolute Gasteiger partial charge is 0.374 e. The molecule has 2 rings (SSSR count). The van der Waals surface area contributed by atoms with Crippen LogP contribution in [0.1, 0.15) is 29.2 Å². The van der Waals surface area contributed by atoms with Crippen LogP contribution < -0.4 is 5.32 Å². The van der Waals surface area contributed by atoms with Gasteiger partial charge in [-0.2, -0.15) is 0 Å². The summed E-state index contributed by atoms with van der Waals surface area (Å²) >= 11 is 13.6. The molecule has 0 saturated carbocycles. The number of anilines is 1. The molecule has 2 aromatic heterocycles. The zero-order valence-corrected chi connectivity index (χ0v) is 12.6. The van der Waals surface area contributed by atoms with Gasteiger partial charge in [-0.05, 0) is 32.4 Å². The normalized spacial score (nSPS) is 12.5. The molecule has 0 radical (unpaired) electrons. The first-order chi connectivity index (χ1) is 8.47. The predicted molar refractivity (Wildman–Crippen MR) is 77.9 cm³/mol. The minimum atomic E-state index is 0.0779. The summed E-state index contributed by atoms with van der Waals surface area (Å²) in [7, 11) is 0. The Kier molecular flexibility index (Phi) is 4.10. The fourth-order valence-corrected chi connectivity index (χ4v) is 2.93. The molecule has 2 aromatic rings. The molecule has 0 saturated heterocycles. The zero-order chi connectivity index (χ0) is 13.3. The smallest absolute Gasteiger partial charge is 0.154 e. The van der Waals surface area contributed by atoms with E-state index in [0.717, 1.165) is 22.0 Å². The molecule has 0 spiro atoms. The first kappa shape index (κ1) is 13.6. The van der Waals surface area contributed by atoms with Crippen LogP contribution in [0.5, 0.6) is 0 Å². The standard InChI is InChI=1S/C12H13Cl2N3S/c1-6-4-10(13)17-12(14)11(6)15-7(2)9-5-18-8(3)16-9/h4-5,7,15H,1-3H3. The van der Waals surface area contributed by atoms with E-state index in [1.54, 1.807) is 17.4 Å². The van der Waals surface area contributed by atoms with E-state index in [9.17, 15) is 0 Å². The average molecular weight is 302 g/mol. The highest BCUT2D eigenvalue weighted by atomic mass is 35.5. The van der Waals surface area contributed by atoms with Crippen LogP contribution in [0.25, 0.3) is 0 Å². The first-order valence-corrected chi connectivity index (χ1v) is 7.12. The molecule has 0 bridgehead atoms. The molecule has 0 aliphatic heterocycles. The summed E-state index contributed by atoms with van der Waals surface area (Å²) < 4.78 is 0. The number of pyridine rings is 1. The zero-order valence-electron chi connectivity index (χ0n) is 10.3. The van der Waals surface area contributed by atoms with Gasteiger partial charge in [-0.1, -0.05) is 23.2 Å². The highest BCUT2D eigenvalue weighted by Crippen LogP contribution is 2.30. The number of nitrogens with one attached hydrogen (secondary N) is 1. The van der Waals surface area contributed by atoms with Crippen LogP contribution in [-0.2, 0) is 0 Å². The number of aromatic nitrogens is 2. The van der Waals surface area contributed by atoms with Gasteiger partial charge in [0.2, 0.25) is 0 Å². The van der Waals surface area contributed by atoms with Crippen LogP contribution >= 0.6 is 34.5 Å². The summed E-state index contributed by atoms with van der Waals surface area (Å²) in [5.41, 5.74) is 2.78. The molecule has 0 aliphatic rings. The Balaban J connectivity index is 2.24. The van der Waals surface area contributed by atoms with Gasteiger partial charge in [-0.25, -0.2) is 9.97 Å². The maximum Gasteiger partial charge on any atom is 0.154 e. The van der Waals surface area contributed by atoms with Gasteiger partial charge in [-0.15, -0.1) is 11.3 Å². The molecule has 2 heterocycles. The van der Waals surface area contributed by atoms with E-state index in [4.69, 9.17) is 23.2 Å². The number of hydrogen-bond acceptors (Lipinski definition) is 4. The Bertz CT molecular complexity index is 545. The fraction of sp³-hybridized carbons (Fsp3) is 0.333. The lowest BCUT2D eigenvalue weighted by Crippen LogP contribution is -2.09. The fourth-order valence-electron chi connectivity index (χ4n) is 1.64. The summed E-state index contributed by atoms with van der Waals surface area (Å²) in [6.45, 7) is 5.97. The molecule has 1 unspecified atom stereocenters. The third-order valence-corrected chi connectivity index (χ3v) is 3.84. The second-order valence-electron chi connectivity index (χ2n) is 4.09. The summed E-state index contributed by atoms with van der Waals surface area (Å²) in [4.78, 5) is 8.49.